The average molecular weight is 455 g/mol. The molecule has 0 spiro atoms. The Labute approximate surface area is 201 Å². The lowest BCUT2D eigenvalue weighted by molar-refractivity contribution is -0.234. The van der Waals surface area contributed by atoms with Crippen LogP contribution in [0.2, 0.25) is 0 Å². The minimum atomic E-state index is -0.582. The molecule has 5 rings (SSSR count). The smallest absolute Gasteiger partial charge is 0.141 e. The molecule has 0 radical (unpaired) electrons. The third kappa shape index (κ3) is 2.72. The number of fused-ring (bicyclic) bond motifs is 7. The first-order valence-electron chi connectivity index (χ1n) is 13.7. The zero-order valence-electron chi connectivity index (χ0n) is 21.7. The van der Waals surface area contributed by atoms with Crippen LogP contribution in [0.15, 0.2) is 12.2 Å². The summed E-state index contributed by atoms with van der Waals surface area (Å²) in [6.45, 7) is 16.2. The SMILES string of the molecule is C=C(C)[C@@H]1CC[C@]2(C=O)CC[C@]3(C)C(CC[C@@H]4[C@@]5(C)CCC(=O)[C@@](C)(CO)[C@@H]5CC[C@]43C)[C@@H]12. The third-order valence-electron chi connectivity index (χ3n) is 13.3. The summed E-state index contributed by atoms with van der Waals surface area (Å²) in [5.41, 5.74) is 1.10. The average Bonchev–Trinajstić information content (AvgIpc) is 3.17. The van der Waals surface area contributed by atoms with E-state index in [1.807, 2.05) is 6.92 Å². The molecule has 3 nitrogen and oxygen atoms in total. The van der Waals surface area contributed by atoms with Gasteiger partial charge in [-0.3, -0.25) is 4.79 Å². The Morgan fingerprint density at radius 3 is 2.33 bits per heavy atom. The van der Waals surface area contributed by atoms with E-state index in [2.05, 4.69) is 34.3 Å². The van der Waals surface area contributed by atoms with Gasteiger partial charge in [0.05, 0.1) is 12.0 Å². The van der Waals surface area contributed by atoms with Crippen LogP contribution in [0.1, 0.15) is 98.8 Å². The molecular formula is C30H46O3. The van der Waals surface area contributed by atoms with Crippen molar-refractivity contribution < 1.29 is 14.7 Å². The lowest BCUT2D eigenvalue weighted by atomic mass is 9.32. The van der Waals surface area contributed by atoms with Crippen molar-refractivity contribution in [1.29, 1.82) is 0 Å². The van der Waals surface area contributed by atoms with E-state index in [0.717, 1.165) is 44.9 Å². The molecule has 0 heterocycles. The van der Waals surface area contributed by atoms with E-state index in [1.54, 1.807) is 0 Å². The van der Waals surface area contributed by atoms with Gasteiger partial charge in [0.2, 0.25) is 0 Å². The van der Waals surface area contributed by atoms with Gasteiger partial charge >= 0.3 is 0 Å². The second-order valence-corrected chi connectivity index (χ2v) is 14.0. The predicted molar refractivity (Wildman–Crippen MR) is 131 cm³/mol. The summed E-state index contributed by atoms with van der Waals surface area (Å²) in [6.07, 6.45) is 11.9. The molecule has 0 saturated heterocycles. The van der Waals surface area contributed by atoms with Crippen molar-refractivity contribution in [2.24, 2.45) is 56.7 Å². The molecule has 0 aromatic heterocycles. The summed E-state index contributed by atoms with van der Waals surface area (Å²) in [6, 6.07) is 0. The summed E-state index contributed by atoms with van der Waals surface area (Å²) in [4.78, 5) is 25.5. The Morgan fingerprint density at radius 2 is 1.70 bits per heavy atom. The number of ketones is 1. The molecule has 1 N–H and O–H groups in total. The highest BCUT2D eigenvalue weighted by atomic mass is 16.3. The summed E-state index contributed by atoms with van der Waals surface area (Å²) in [5.74, 6) is 2.65. The van der Waals surface area contributed by atoms with Gasteiger partial charge in [-0.05, 0) is 111 Å². The second-order valence-electron chi connectivity index (χ2n) is 14.0. The van der Waals surface area contributed by atoms with Crippen LogP contribution in [0.5, 0.6) is 0 Å². The maximum Gasteiger partial charge on any atom is 0.141 e. The van der Waals surface area contributed by atoms with E-state index in [4.69, 9.17) is 0 Å². The monoisotopic (exact) mass is 454 g/mol. The number of aldehydes is 1. The highest BCUT2D eigenvalue weighted by Crippen LogP contribution is 2.77. The minimum absolute atomic E-state index is 0.0142. The summed E-state index contributed by atoms with van der Waals surface area (Å²) in [7, 11) is 0. The van der Waals surface area contributed by atoms with Gasteiger partial charge in [0.15, 0.2) is 0 Å². The number of carbonyl (C=O) groups excluding carboxylic acids is 2. The number of rotatable bonds is 3. The van der Waals surface area contributed by atoms with Crippen LogP contribution in [-0.2, 0) is 9.59 Å². The summed E-state index contributed by atoms with van der Waals surface area (Å²) >= 11 is 0. The van der Waals surface area contributed by atoms with Crippen LogP contribution in [0, 0.1) is 56.7 Å². The van der Waals surface area contributed by atoms with Gasteiger partial charge in [-0.2, -0.15) is 0 Å². The molecule has 5 fully saturated rings. The highest BCUT2D eigenvalue weighted by Gasteiger charge is 2.71. The molecule has 0 bridgehead atoms. The number of aliphatic hydroxyl groups is 1. The van der Waals surface area contributed by atoms with Crippen LogP contribution in [0.4, 0.5) is 0 Å². The standard InChI is InChI=1S/C30H46O3/c1-19(2)20-9-14-30(18-32)16-15-28(5)21(25(20)30)7-8-23-26(3)12-11-24(33)27(4,17-31)22(26)10-13-29(23,28)6/h18,20-23,25,31H,1,7-17H2,2-6H3/t20-,21?,22+,23+,25+,26-,27-,28+,29+,30+/m0/s1. The maximum atomic E-state index is 13.0. The van der Waals surface area contributed by atoms with E-state index in [0.29, 0.717) is 30.1 Å². The Hall–Kier alpha value is -0.960. The number of carbonyl (C=O) groups is 2. The normalized spacial score (nSPS) is 55.7. The highest BCUT2D eigenvalue weighted by molar-refractivity contribution is 5.86. The van der Waals surface area contributed by atoms with Crippen molar-refractivity contribution in [1.82, 2.24) is 0 Å². The summed E-state index contributed by atoms with van der Waals surface area (Å²) in [5, 5.41) is 10.3. The predicted octanol–water partition coefficient (Wildman–Crippen LogP) is 6.38. The first kappa shape index (κ1) is 23.8. The van der Waals surface area contributed by atoms with Crippen molar-refractivity contribution >= 4 is 12.1 Å². The molecule has 5 aliphatic carbocycles. The van der Waals surface area contributed by atoms with Crippen LogP contribution < -0.4 is 0 Å². The van der Waals surface area contributed by atoms with E-state index >= 15 is 0 Å². The van der Waals surface area contributed by atoms with Crippen LogP contribution >= 0.6 is 0 Å². The molecule has 0 amide bonds. The molecular weight excluding hydrogens is 408 g/mol. The number of hydrogen-bond acceptors (Lipinski definition) is 3. The van der Waals surface area contributed by atoms with E-state index in [-0.39, 0.29) is 40.0 Å². The van der Waals surface area contributed by atoms with Crippen molar-refractivity contribution in [2.75, 3.05) is 6.61 Å². The number of allylic oxidation sites excluding steroid dienone is 1. The second kappa shape index (κ2) is 7.28. The van der Waals surface area contributed by atoms with Gasteiger partial charge < -0.3 is 9.90 Å². The third-order valence-corrected chi connectivity index (χ3v) is 13.3. The molecule has 5 saturated carbocycles. The molecule has 184 valence electrons. The minimum Gasteiger partial charge on any atom is -0.395 e. The van der Waals surface area contributed by atoms with Gasteiger partial charge in [0.25, 0.3) is 0 Å². The van der Waals surface area contributed by atoms with E-state index < -0.39 is 5.41 Å². The molecule has 0 aromatic carbocycles. The van der Waals surface area contributed by atoms with Crippen LogP contribution in [0.3, 0.4) is 0 Å². The number of hydrogen-bond donors (Lipinski definition) is 1. The Bertz CT molecular complexity index is 878. The fourth-order valence-corrected chi connectivity index (χ4v) is 11.2. The van der Waals surface area contributed by atoms with Gasteiger partial charge in [-0.1, -0.05) is 39.8 Å². The lowest BCUT2D eigenvalue weighted by Gasteiger charge is -2.72. The van der Waals surface area contributed by atoms with Gasteiger partial charge in [0, 0.05) is 11.8 Å². The van der Waals surface area contributed by atoms with Gasteiger partial charge in [0.1, 0.15) is 12.1 Å². The van der Waals surface area contributed by atoms with E-state index in [1.165, 1.54) is 24.7 Å². The van der Waals surface area contributed by atoms with Crippen molar-refractivity contribution in [3.8, 4) is 0 Å². The van der Waals surface area contributed by atoms with Crippen molar-refractivity contribution in [2.45, 2.75) is 98.8 Å². The van der Waals surface area contributed by atoms with Crippen LogP contribution in [-0.4, -0.2) is 23.8 Å². The van der Waals surface area contributed by atoms with Crippen molar-refractivity contribution in [3.05, 3.63) is 12.2 Å². The number of aliphatic hydroxyl groups excluding tert-OH is 1. The molecule has 5 aliphatic rings. The molecule has 1 unspecified atom stereocenters. The zero-order valence-corrected chi connectivity index (χ0v) is 21.7. The molecule has 3 heteroatoms. The zero-order chi connectivity index (χ0) is 24.0. The van der Waals surface area contributed by atoms with Crippen LogP contribution in [0.25, 0.3) is 0 Å². The Morgan fingerprint density at radius 1 is 0.970 bits per heavy atom. The number of Topliss-reactive ketones (excluding diaryl/α,β-unsaturated/α-hetero) is 1. The molecule has 33 heavy (non-hydrogen) atoms. The first-order chi connectivity index (χ1) is 15.4. The first-order valence-corrected chi connectivity index (χ1v) is 13.7. The topological polar surface area (TPSA) is 54.4 Å². The molecule has 10 atom stereocenters. The van der Waals surface area contributed by atoms with Gasteiger partial charge in [-0.15, -0.1) is 0 Å². The van der Waals surface area contributed by atoms with Crippen molar-refractivity contribution in [3.63, 3.8) is 0 Å². The van der Waals surface area contributed by atoms with E-state index in [9.17, 15) is 14.7 Å². The maximum absolute atomic E-state index is 13.0. The largest absolute Gasteiger partial charge is 0.395 e. The molecule has 0 aliphatic heterocycles. The Kier molecular flexibility index (Phi) is 5.24. The molecule has 0 aromatic rings. The Balaban J connectivity index is 1.56. The lowest BCUT2D eigenvalue weighted by Crippen LogP contribution is -2.67. The quantitative estimate of drug-likeness (QED) is 0.397. The van der Waals surface area contributed by atoms with Gasteiger partial charge in [-0.25, -0.2) is 0 Å². The fraction of sp³-hybridized carbons (Fsp3) is 0.867. The summed E-state index contributed by atoms with van der Waals surface area (Å²) < 4.78 is 0. The fourth-order valence-electron chi connectivity index (χ4n) is 11.2.